The Morgan fingerprint density at radius 1 is 0.730 bits per heavy atom. The Morgan fingerprint density at radius 3 is 1.81 bits per heavy atom. The predicted molar refractivity (Wildman–Crippen MR) is 126 cm³/mol. The molecule has 8 nitrogen and oxygen atoms in total. The van der Waals surface area contributed by atoms with Crippen molar-refractivity contribution in [2.75, 3.05) is 39.3 Å². The van der Waals surface area contributed by atoms with Gasteiger partial charge in [-0.05, 0) is 61.8 Å². The molecule has 202 valence electrons. The van der Waals surface area contributed by atoms with Crippen LogP contribution in [0.2, 0.25) is 0 Å². The minimum absolute atomic E-state index is 0.0596. The molecule has 0 unspecified atom stereocenters. The van der Waals surface area contributed by atoms with Gasteiger partial charge in [-0.15, -0.1) is 17.6 Å². The van der Waals surface area contributed by atoms with Crippen molar-refractivity contribution in [3.05, 3.63) is 47.5 Å². The smallest absolute Gasteiger partial charge is 0.395 e. The van der Waals surface area contributed by atoms with E-state index in [1.807, 2.05) is 0 Å². The van der Waals surface area contributed by atoms with E-state index in [0.717, 1.165) is 38.3 Å². The van der Waals surface area contributed by atoms with Crippen LogP contribution < -0.4 is 29.6 Å². The second-order valence-electron chi connectivity index (χ2n) is 8.78. The number of fused-ring (bicyclic) bond motifs is 2. The van der Waals surface area contributed by atoms with Crippen LogP contribution in [0.4, 0.5) is 17.6 Å². The van der Waals surface area contributed by atoms with Crippen molar-refractivity contribution in [1.29, 1.82) is 0 Å². The van der Waals surface area contributed by atoms with Gasteiger partial charge in [0.1, 0.15) is 6.29 Å². The summed E-state index contributed by atoms with van der Waals surface area (Å²) >= 11 is 0. The van der Waals surface area contributed by atoms with E-state index in [1.165, 1.54) is 56.6 Å². The number of ether oxygens (including phenoxy) is 4. The molecule has 6 rings (SSSR count). The molecular formula is C25H29F4N3O5. The average molecular weight is 528 g/mol. The number of hydrogen-bond acceptors (Lipinski definition) is 8. The minimum Gasteiger partial charge on any atom is -0.395 e. The maximum absolute atomic E-state index is 12.9. The van der Waals surface area contributed by atoms with Gasteiger partial charge in [-0.3, -0.25) is 9.69 Å². The van der Waals surface area contributed by atoms with Crippen molar-refractivity contribution in [2.45, 2.75) is 38.4 Å². The number of halogens is 4. The standard InChI is InChI=1S/C12H14F2N2O2.C8H4F2O3.C5H11N/c13-12(14)17-10-2-1-9(7-11(10)18-12)8-16-5-3-15-4-6-16;9-8(10)12-6-2-1-5(4-11)3-7(6)13-8;1-2-4-6-5-3-1/h1-2,7,15H,3-6,8H2;1-4H;6H,1-5H2. The molecule has 0 radical (unpaired) electrons. The van der Waals surface area contributed by atoms with Gasteiger partial charge in [0.15, 0.2) is 23.0 Å². The van der Waals surface area contributed by atoms with Crippen molar-refractivity contribution in [3.8, 4) is 23.0 Å². The zero-order valence-electron chi connectivity index (χ0n) is 20.1. The SMILES string of the molecule is C1CCNCC1.FC1(F)Oc2ccc(CN3CCNCC3)cc2O1.O=Cc1ccc2c(c1)OC(F)(F)O2. The number of nitrogens with zero attached hydrogens (tertiary/aromatic N) is 1. The van der Waals surface area contributed by atoms with Gasteiger partial charge in [-0.1, -0.05) is 12.5 Å². The minimum atomic E-state index is -3.62. The molecule has 2 saturated heterocycles. The predicted octanol–water partition coefficient (Wildman–Crippen LogP) is 3.99. The Balaban J connectivity index is 0.000000146. The first-order chi connectivity index (χ1) is 17.7. The van der Waals surface area contributed by atoms with E-state index in [4.69, 9.17) is 0 Å². The topological polar surface area (TPSA) is 81.3 Å². The van der Waals surface area contributed by atoms with Crippen LogP contribution in [0.25, 0.3) is 0 Å². The van der Waals surface area contributed by atoms with Crippen LogP contribution in [-0.4, -0.2) is 63.0 Å². The lowest BCUT2D eigenvalue weighted by molar-refractivity contribution is -0.287. The summed E-state index contributed by atoms with van der Waals surface area (Å²) in [6.07, 6.45) is -2.40. The Labute approximate surface area is 211 Å². The molecule has 0 saturated carbocycles. The van der Waals surface area contributed by atoms with E-state index >= 15 is 0 Å². The van der Waals surface area contributed by atoms with E-state index in [0.29, 0.717) is 6.29 Å². The Bertz CT molecular complexity index is 1050. The summed E-state index contributed by atoms with van der Waals surface area (Å²) in [6, 6.07) is 8.79. The van der Waals surface area contributed by atoms with E-state index in [9.17, 15) is 22.4 Å². The lowest BCUT2D eigenvalue weighted by Gasteiger charge is -2.27. The molecule has 2 aromatic rings. The number of rotatable bonds is 3. The first-order valence-corrected chi connectivity index (χ1v) is 12.1. The molecule has 4 aliphatic rings. The van der Waals surface area contributed by atoms with Gasteiger partial charge >= 0.3 is 12.6 Å². The lowest BCUT2D eigenvalue weighted by atomic mass is 10.2. The number of carbonyl (C=O) groups excluding carboxylic acids is 1. The summed E-state index contributed by atoms with van der Waals surface area (Å²) < 4.78 is 67.7. The maximum atomic E-state index is 12.9. The van der Waals surface area contributed by atoms with Gasteiger partial charge in [0.05, 0.1) is 0 Å². The molecule has 0 aliphatic carbocycles. The van der Waals surface area contributed by atoms with Crippen LogP contribution in [0.15, 0.2) is 36.4 Å². The largest absolute Gasteiger partial charge is 0.586 e. The molecule has 4 aliphatic heterocycles. The molecule has 37 heavy (non-hydrogen) atoms. The van der Waals surface area contributed by atoms with Crippen molar-refractivity contribution in [3.63, 3.8) is 0 Å². The molecule has 12 heteroatoms. The van der Waals surface area contributed by atoms with Crippen LogP contribution in [0, 0.1) is 0 Å². The summed E-state index contributed by atoms with van der Waals surface area (Å²) in [7, 11) is 0. The lowest BCUT2D eigenvalue weighted by Crippen LogP contribution is -2.42. The van der Waals surface area contributed by atoms with Gasteiger partial charge in [-0.2, -0.15) is 0 Å². The highest BCUT2D eigenvalue weighted by Crippen LogP contribution is 2.42. The third-order valence-corrected chi connectivity index (χ3v) is 5.85. The van der Waals surface area contributed by atoms with Crippen LogP contribution in [0.3, 0.4) is 0 Å². The number of piperazine rings is 1. The number of carbonyl (C=O) groups is 1. The quantitative estimate of drug-likeness (QED) is 0.458. The molecule has 0 amide bonds. The highest BCUT2D eigenvalue weighted by molar-refractivity contribution is 5.76. The summed E-state index contributed by atoms with van der Waals surface area (Å²) in [5.74, 6) is 0.0434. The Kier molecular flexibility index (Phi) is 8.72. The molecule has 0 bridgehead atoms. The van der Waals surface area contributed by atoms with Crippen molar-refractivity contribution in [1.82, 2.24) is 15.5 Å². The zero-order chi connectivity index (χ0) is 26.3. The van der Waals surface area contributed by atoms with E-state index < -0.39 is 12.6 Å². The monoisotopic (exact) mass is 527 g/mol. The number of alkyl halides is 4. The highest BCUT2D eigenvalue weighted by atomic mass is 19.3. The second kappa shape index (κ2) is 12.0. The van der Waals surface area contributed by atoms with Gasteiger partial charge in [-0.25, -0.2) is 0 Å². The molecule has 2 aromatic carbocycles. The number of nitrogens with one attached hydrogen (secondary N) is 2. The first-order valence-electron chi connectivity index (χ1n) is 12.1. The fourth-order valence-electron chi connectivity index (χ4n) is 4.06. The normalized spacial score (nSPS) is 20.6. The number of piperidine rings is 1. The number of hydrogen-bond donors (Lipinski definition) is 2. The van der Waals surface area contributed by atoms with Crippen molar-refractivity contribution in [2.24, 2.45) is 0 Å². The van der Waals surface area contributed by atoms with E-state index in [-0.39, 0.29) is 28.6 Å². The maximum Gasteiger partial charge on any atom is 0.586 e. The van der Waals surface area contributed by atoms with Crippen molar-refractivity contribution >= 4 is 6.29 Å². The zero-order valence-corrected chi connectivity index (χ0v) is 20.1. The Morgan fingerprint density at radius 2 is 1.27 bits per heavy atom. The summed E-state index contributed by atoms with van der Waals surface area (Å²) in [4.78, 5) is 12.6. The van der Waals surface area contributed by atoms with Crippen LogP contribution >= 0.6 is 0 Å². The molecule has 2 fully saturated rings. The Hall–Kier alpha value is -3.09. The summed E-state index contributed by atoms with van der Waals surface area (Å²) in [5, 5.41) is 6.55. The van der Waals surface area contributed by atoms with Gasteiger partial charge in [0, 0.05) is 38.3 Å². The molecule has 4 heterocycles. The fraction of sp³-hybridized carbons (Fsp3) is 0.480. The number of aldehydes is 1. The third kappa shape index (κ3) is 7.94. The summed E-state index contributed by atoms with van der Waals surface area (Å²) in [5.41, 5.74) is 1.22. The molecule has 0 spiro atoms. The average Bonchev–Trinajstić information content (AvgIpc) is 3.38. The first kappa shape index (κ1) is 27.0. The van der Waals surface area contributed by atoms with Crippen LogP contribution in [0.1, 0.15) is 35.2 Å². The van der Waals surface area contributed by atoms with E-state index in [2.05, 4.69) is 34.5 Å². The molecule has 0 aromatic heterocycles. The van der Waals surface area contributed by atoms with Crippen LogP contribution in [-0.2, 0) is 6.54 Å². The van der Waals surface area contributed by atoms with Crippen LogP contribution in [0.5, 0.6) is 23.0 Å². The van der Waals surface area contributed by atoms with Gasteiger partial charge in [0.2, 0.25) is 0 Å². The van der Waals surface area contributed by atoms with E-state index in [1.54, 1.807) is 12.1 Å². The van der Waals surface area contributed by atoms with Gasteiger partial charge in [0.25, 0.3) is 0 Å². The fourth-order valence-corrected chi connectivity index (χ4v) is 4.06. The number of benzene rings is 2. The van der Waals surface area contributed by atoms with Gasteiger partial charge < -0.3 is 29.6 Å². The molecule has 0 atom stereocenters. The molecular weight excluding hydrogens is 498 g/mol. The second-order valence-corrected chi connectivity index (χ2v) is 8.78. The third-order valence-electron chi connectivity index (χ3n) is 5.85. The van der Waals surface area contributed by atoms with Crippen molar-refractivity contribution < 1.29 is 41.3 Å². The highest BCUT2D eigenvalue weighted by Gasteiger charge is 2.44. The molecule has 2 N–H and O–H groups in total. The summed E-state index contributed by atoms with van der Waals surface area (Å²) in [6.45, 7) is 7.09.